The smallest absolute Gasteiger partial charge is 0.281 e. The number of fused-ring (bicyclic) bond motifs is 1. The summed E-state index contributed by atoms with van der Waals surface area (Å²) in [7, 11) is 0. The molecule has 2 heterocycles. The molecule has 5 nitrogen and oxygen atoms in total. The second-order valence-electron chi connectivity index (χ2n) is 4.46. The number of nitrogens with one attached hydrogen (secondary N) is 1. The van der Waals surface area contributed by atoms with E-state index in [2.05, 4.69) is 10.5 Å². The average Bonchev–Trinajstić information content (AvgIpc) is 2.96. The van der Waals surface area contributed by atoms with Gasteiger partial charge in [-0.25, -0.2) is 5.43 Å². The zero-order valence-corrected chi connectivity index (χ0v) is 13.7. The Hall–Kier alpha value is -2.15. The van der Waals surface area contributed by atoms with E-state index in [1.807, 2.05) is 0 Å². The molecule has 0 saturated heterocycles. The molecule has 8 heteroatoms. The number of nitrogens with zero attached hydrogens (tertiary/aromatic N) is 1. The highest BCUT2D eigenvalue weighted by Gasteiger charge is 2.08. The molecular formula is C15H8Cl2N2O3S. The average molecular weight is 367 g/mol. The van der Waals surface area contributed by atoms with Crippen molar-refractivity contribution in [3.8, 4) is 0 Å². The second kappa shape index (κ2) is 6.54. The van der Waals surface area contributed by atoms with Gasteiger partial charge < -0.3 is 4.42 Å². The summed E-state index contributed by atoms with van der Waals surface area (Å²) < 4.78 is 5.85. The Balaban J connectivity index is 1.82. The fraction of sp³-hybridized carbons (Fsp3) is 0. The van der Waals surface area contributed by atoms with Gasteiger partial charge in [-0.05, 0) is 30.3 Å². The summed E-state index contributed by atoms with van der Waals surface area (Å²) in [5.74, 6) is -0.411. The lowest BCUT2D eigenvalue weighted by atomic mass is 10.2. The monoisotopic (exact) mass is 366 g/mol. The molecule has 0 aliphatic carbocycles. The summed E-state index contributed by atoms with van der Waals surface area (Å²) in [6.45, 7) is 0. The lowest BCUT2D eigenvalue weighted by Crippen LogP contribution is -2.17. The third kappa shape index (κ3) is 3.44. The molecule has 1 N–H and O–H groups in total. The number of hydrazone groups is 1. The molecule has 1 amide bonds. The van der Waals surface area contributed by atoms with Crippen molar-refractivity contribution in [3.63, 3.8) is 0 Å². The van der Waals surface area contributed by atoms with Crippen molar-refractivity contribution in [2.45, 2.75) is 0 Å². The molecule has 116 valence electrons. The topological polar surface area (TPSA) is 71.7 Å². The van der Waals surface area contributed by atoms with Gasteiger partial charge in [0.1, 0.15) is 11.8 Å². The van der Waals surface area contributed by atoms with Crippen molar-refractivity contribution in [1.82, 2.24) is 5.43 Å². The SMILES string of the molecule is O=C(N/N=C/c1coc2ccc(Cl)cc2c1=O)c1ccc(Cl)s1. The third-order valence-electron chi connectivity index (χ3n) is 2.93. The summed E-state index contributed by atoms with van der Waals surface area (Å²) in [5, 5.41) is 4.54. The normalized spacial score (nSPS) is 11.2. The molecule has 2 aromatic heterocycles. The van der Waals surface area contributed by atoms with Crippen molar-refractivity contribution < 1.29 is 9.21 Å². The van der Waals surface area contributed by atoms with Crippen LogP contribution in [0.5, 0.6) is 0 Å². The minimum absolute atomic E-state index is 0.198. The molecule has 3 rings (SSSR count). The summed E-state index contributed by atoms with van der Waals surface area (Å²) in [5.41, 5.74) is 2.66. The van der Waals surface area contributed by atoms with Crippen LogP contribution in [0.3, 0.4) is 0 Å². The summed E-state index contributed by atoms with van der Waals surface area (Å²) in [6.07, 6.45) is 2.50. The van der Waals surface area contributed by atoms with Crippen LogP contribution in [-0.4, -0.2) is 12.1 Å². The van der Waals surface area contributed by atoms with Crippen molar-refractivity contribution >= 4 is 57.6 Å². The van der Waals surface area contributed by atoms with Gasteiger partial charge in [-0.2, -0.15) is 5.10 Å². The first-order valence-electron chi connectivity index (χ1n) is 6.34. The number of carbonyl (C=O) groups excluding carboxylic acids is 1. The molecule has 0 atom stereocenters. The Morgan fingerprint density at radius 3 is 2.83 bits per heavy atom. The van der Waals surface area contributed by atoms with Gasteiger partial charge in [0.25, 0.3) is 5.91 Å². The molecule has 0 aliphatic heterocycles. The molecule has 0 spiro atoms. The predicted molar refractivity (Wildman–Crippen MR) is 91.9 cm³/mol. The minimum Gasteiger partial charge on any atom is -0.463 e. The number of hydrogen-bond donors (Lipinski definition) is 1. The van der Waals surface area contributed by atoms with Crippen LogP contribution in [0.4, 0.5) is 0 Å². The van der Waals surface area contributed by atoms with E-state index in [0.29, 0.717) is 25.2 Å². The largest absolute Gasteiger partial charge is 0.463 e. The number of halogens is 2. The molecule has 23 heavy (non-hydrogen) atoms. The van der Waals surface area contributed by atoms with Crippen LogP contribution in [0.25, 0.3) is 11.0 Å². The summed E-state index contributed by atoms with van der Waals surface area (Å²) >= 11 is 12.8. The number of carbonyl (C=O) groups is 1. The van der Waals surface area contributed by atoms with E-state index >= 15 is 0 Å². The van der Waals surface area contributed by atoms with Crippen LogP contribution >= 0.6 is 34.5 Å². The van der Waals surface area contributed by atoms with E-state index in [-0.39, 0.29) is 11.0 Å². The van der Waals surface area contributed by atoms with E-state index in [1.54, 1.807) is 24.3 Å². The molecule has 0 unspecified atom stereocenters. The fourth-order valence-electron chi connectivity index (χ4n) is 1.86. The second-order valence-corrected chi connectivity index (χ2v) is 6.62. The standard InChI is InChI=1S/C15H8Cl2N2O3S/c16-9-1-2-11-10(5-9)14(20)8(7-22-11)6-18-19-15(21)12-3-4-13(17)23-12/h1-7H,(H,19,21)/b18-6+. The van der Waals surface area contributed by atoms with Crippen LogP contribution in [0.1, 0.15) is 15.2 Å². The molecule has 0 bridgehead atoms. The molecule has 0 radical (unpaired) electrons. The molecule has 1 aromatic carbocycles. The zero-order valence-electron chi connectivity index (χ0n) is 11.4. The van der Waals surface area contributed by atoms with Crippen LogP contribution in [0.2, 0.25) is 9.36 Å². The van der Waals surface area contributed by atoms with Crippen molar-refractivity contribution in [1.29, 1.82) is 0 Å². The Kier molecular flexibility index (Phi) is 4.47. The highest BCUT2D eigenvalue weighted by atomic mass is 35.5. The molecule has 3 aromatic rings. The minimum atomic E-state index is -0.411. The first-order valence-corrected chi connectivity index (χ1v) is 7.91. The fourth-order valence-corrected chi connectivity index (χ4v) is 2.96. The quantitative estimate of drug-likeness (QED) is 0.563. The number of amides is 1. The lowest BCUT2D eigenvalue weighted by molar-refractivity contribution is 0.0959. The van der Waals surface area contributed by atoms with Gasteiger partial charge in [0, 0.05) is 5.02 Å². The number of thiophene rings is 1. The maximum atomic E-state index is 12.3. The van der Waals surface area contributed by atoms with Crippen LogP contribution in [0.15, 0.2) is 50.9 Å². The number of rotatable bonds is 3. The molecular weight excluding hydrogens is 359 g/mol. The van der Waals surface area contributed by atoms with Gasteiger partial charge in [-0.1, -0.05) is 23.2 Å². The Bertz CT molecular complexity index is 978. The Labute approximate surface area is 144 Å². The Morgan fingerprint density at radius 1 is 1.26 bits per heavy atom. The molecule has 0 aliphatic rings. The zero-order chi connectivity index (χ0) is 16.4. The van der Waals surface area contributed by atoms with Crippen molar-refractivity contribution in [2.24, 2.45) is 5.10 Å². The van der Waals surface area contributed by atoms with E-state index in [1.165, 1.54) is 18.5 Å². The van der Waals surface area contributed by atoms with E-state index in [0.717, 1.165) is 11.3 Å². The van der Waals surface area contributed by atoms with Crippen molar-refractivity contribution in [2.75, 3.05) is 0 Å². The van der Waals surface area contributed by atoms with E-state index in [4.69, 9.17) is 27.6 Å². The van der Waals surface area contributed by atoms with Gasteiger partial charge in [-0.15, -0.1) is 11.3 Å². The third-order valence-corrected chi connectivity index (χ3v) is 4.39. The van der Waals surface area contributed by atoms with Gasteiger partial charge in [0.2, 0.25) is 5.43 Å². The van der Waals surface area contributed by atoms with Crippen molar-refractivity contribution in [3.05, 3.63) is 66.6 Å². The lowest BCUT2D eigenvalue weighted by Gasteiger charge is -1.99. The van der Waals surface area contributed by atoms with E-state index < -0.39 is 5.91 Å². The molecule has 0 fully saturated rings. The first-order chi connectivity index (χ1) is 11.0. The van der Waals surface area contributed by atoms with Crippen LogP contribution in [0, 0.1) is 0 Å². The van der Waals surface area contributed by atoms with Gasteiger partial charge in [0.05, 0.1) is 26.4 Å². The highest BCUT2D eigenvalue weighted by Crippen LogP contribution is 2.21. The summed E-state index contributed by atoms with van der Waals surface area (Å²) in [4.78, 5) is 24.5. The molecule has 0 saturated carbocycles. The predicted octanol–water partition coefficient (Wildman–Crippen LogP) is 3.93. The van der Waals surface area contributed by atoms with Gasteiger partial charge in [0.15, 0.2) is 0 Å². The number of hydrogen-bond acceptors (Lipinski definition) is 5. The Morgan fingerprint density at radius 2 is 2.09 bits per heavy atom. The van der Waals surface area contributed by atoms with Crippen LogP contribution < -0.4 is 10.9 Å². The highest BCUT2D eigenvalue weighted by molar-refractivity contribution is 7.17. The first kappa shape index (κ1) is 15.7. The van der Waals surface area contributed by atoms with Gasteiger partial charge >= 0.3 is 0 Å². The van der Waals surface area contributed by atoms with E-state index in [9.17, 15) is 9.59 Å². The maximum Gasteiger partial charge on any atom is 0.281 e. The number of benzene rings is 1. The summed E-state index contributed by atoms with van der Waals surface area (Å²) in [6, 6.07) is 7.97. The maximum absolute atomic E-state index is 12.3. The van der Waals surface area contributed by atoms with Crippen LogP contribution in [-0.2, 0) is 0 Å². The van der Waals surface area contributed by atoms with Gasteiger partial charge in [-0.3, -0.25) is 9.59 Å².